The molecule has 7 heterocycles. The molecule has 12 rings (SSSR count). The highest BCUT2D eigenvalue weighted by molar-refractivity contribution is 5.80. The monoisotopic (exact) mass is 1640 g/mol. The molecule has 42 nitrogen and oxygen atoms in total. The Morgan fingerprint density at radius 2 is 1.12 bits per heavy atom. The minimum atomic E-state index is -4.30. The van der Waals surface area contributed by atoms with Crippen LogP contribution in [0.4, 0.5) is 0 Å². The van der Waals surface area contributed by atoms with Gasteiger partial charge in [0, 0.05) is 0 Å². The number of fused-ring (bicyclic) bond motifs is 7. The molecule has 11 fully saturated rings. The summed E-state index contributed by atoms with van der Waals surface area (Å²) in [5.74, 6) is -21.7. The summed E-state index contributed by atoms with van der Waals surface area (Å²) in [5, 5.41) is 304. The van der Waals surface area contributed by atoms with Crippen LogP contribution in [0.1, 0.15) is 113 Å². The van der Waals surface area contributed by atoms with Crippen LogP contribution in [0.3, 0.4) is 0 Å². The number of rotatable bonds is 19. The predicted molar refractivity (Wildman–Crippen MR) is 360 cm³/mol. The van der Waals surface area contributed by atoms with E-state index in [1.54, 1.807) is 0 Å². The van der Waals surface area contributed by atoms with Crippen molar-refractivity contribution >= 4 is 5.97 Å². The summed E-state index contributed by atoms with van der Waals surface area (Å²) in [7, 11) is 0. The van der Waals surface area contributed by atoms with E-state index in [1.165, 1.54) is 6.92 Å². The van der Waals surface area contributed by atoms with Crippen LogP contribution < -0.4 is 0 Å². The van der Waals surface area contributed by atoms with Crippen molar-refractivity contribution in [2.75, 3.05) is 39.6 Å². The van der Waals surface area contributed by atoms with Gasteiger partial charge in [0.2, 0.25) is 0 Å². The number of ether oxygens (including phenoxy) is 14. The van der Waals surface area contributed by atoms with Crippen LogP contribution in [0.15, 0.2) is 11.6 Å². The number of esters is 1. The lowest BCUT2D eigenvalue weighted by Gasteiger charge is -2.72. The zero-order chi connectivity index (χ0) is 83.5. The zero-order valence-electron chi connectivity index (χ0n) is 63.5. The third kappa shape index (κ3) is 14.5. The molecule has 652 valence electrons. The van der Waals surface area contributed by atoms with Crippen molar-refractivity contribution in [1.82, 2.24) is 0 Å². The summed E-state index contributed by atoms with van der Waals surface area (Å²) in [6, 6.07) is 0. The molecule has 7 aliphatic heterocycles. The van der Waals surface area contributed by atoms with Gasteiger partial charge in [-0.3, -0.25) is 9.53 Å². The molecule has 113 heavy (non-hydrogen) atoms. The number of allylic oxidation sites excluding steroid dienone is 2. The highest BCUT2D eigenvalue weighted by Crippen LogP contribution is 2.76. The van der Waals surface area contributed by atoms with Crippen LogP contribution in [0.25, 0.3) is 0 Å². The van der Waals surface area contributed by atoms with E-state index in [0.29, 0.717) is 32.1 Å². The van der Waals surface area contributed by atoms with E-state index in [-0.39, 0.29) is 37.5 Å². The number of hydrogen-bond acceptors (Lipinski definition) is 42. The Bertz CT molecular complexity index is 3340. The molecule has 4 saturated carbocycles. The summed E-state index contributed by atoms with van der Waals surface area (Å²) < 4.78 is 79.4. The second-order valence-electron chi connectivity index (χ2n) is 35.2. The second-order valence-corrected chi connectivity index (χ2v) is 35.2. The SMILES string of the molecule is CC1OC(OC2C(CO)OC(O)(OCC3OC(O)(OC(=O)C45CCC(C)(C)CC4C4=CCC6C7(C)CCC(OC8OCC(O)C(OC9(OC%10(O)C(O)C(O)C(CO)OC%10(O)OC%10C(O)C(O)OC(CO)C%10O)OC(CO)C(O)C(O)C9O)C8O)C(C)(C)C7CCC6(C)C4(C)CC5O)C(O)C(O)C3O)C(O)C2O)C(O)C(O)C1O. The van der Waals surface area contributed by atoms with Crippen molar-refractivity contribution in [2.45, 2.75) is 333 Å². The normalized spacial score (nSPS) is 55.9. The molecule has 12 aliphatic rings. The minimum Gasteiger partial charge on any atom is -0.405 e. The molecule has 0 spiro atoms. The molecule has 43 atom stereocenters. The van der Waals surface area contributed by atoms with Gasteiger partial charge in [0.05, 0.1) is 58.0 Å². The molecule has 0 radical (unpaired) electrons. The smallest absolute Gasteiger partial charge is 0.357 e. The molecule has 0 bridgehead atoms. The lowest BCUT2D eigenvalue weighted by atomic mass is 9.33. The first-order chi connectivity index (χ1) is 52.5. The summed E-state index contributed by atoms with van der Waals surface area (Å²) in [4.78, 5) is 15.5. The number of carbonyl (C=O) groups is 1. The van der Waals surface area contributed by atoms with E-state index in [4.69, 9.17) is 66.3 Å². The Kier molecular flexibility index (Phi) is 25.3. The van der Waals surface area contributed by atoms with Crippen LogP contribution in [-0.2, 0) is 71.1 Å². The molecule has 0 aromatic carbocycles. The Morgan fingerprint density at radius 1 is 0.513 bits per heavy atom. The Labute approximate surface area is 647 Å². The van der Waals surface area contributed by atoms with Gasteiger partial charge in [-0.15, -0.1) is 0 Å². The average Bonchev–Trinajstić information content (AvgIpc) is 0.671. The fraction of sp³-hybridized carbons (Fsp3) is 0.958. The lowest BCUT2D eigenvalue weighted by Crippen LogP contribution is -2.80. The van der Waals surface area contributed by atoms with Crippen molar-refractivity contribution < 1.29 is 209 Å². The van der Waals surface area contributed by atoms with E-state index in [9.17, 15) is 138 Å². The minimum absolute atomic E-state index is 0.0317. The predicted octanol–water partition coefficient (Wildman–Crippen LogP) is -11.3. The topological polar surface area (TPSA) is 693 Å². The van der Waals surface area contributed by atoms with Crippen LogP contribution >= 0.6 is 0 Å². The van der Waals surface area contributed by atoms with E-state index < -0.39 is 303 Å². The maximum absolute atomic E-state index is 15.5. The van der Waals surface area contributed by atoms with Crippen LogP contribution in [-0.4, -0.2) is 403 Å². The standard InChI is InChI=1S/C71H116O42/c1-25-38(78)43(83)46(86)59(102-25)105-51-32(22-75)106-68(97,55(92)47(51)87)101-24-33-40(80)44(84)54(91)69(98,107-33)112-60(95)66-16-15-61(2,3)17-27(66)26-9-10-35-63(6)13-12-37(62(4,5)34(63)11-14-64(35,7)65(26,8)18-36(66)77)104-58-49(89)50(28(76)23-100-58)110-70(56(93)45(85)39(79)30(20-73)108-70)113-67(96)53(90)42(82)31(21-74)109-71(67,99)111-52-41(81)29(19-72)103-57(94)48(52)88/h9,25,27-59,72-94,96-99H,10-24H2,1-8H3. The summed E-state index contributed by atoms with van der Waals surface area (Å²) in [6.45, 7) is 8.87. The molecule has 5 aliphatic carbocycles. The highest BCUT2D eigenvalue weighted by Gasteiger charge is 2.76. The summed E-state index contributed by atoms with van der Waals surface area (Å²) in [5.41, 5.74) is -4.48. The van der Waals surface area contributed by atoms with Crippen LogP contribution in [0.2, 0.25) is 0 Å². The number of carbonyl (C=O) groups excluding carboxylic acids is 1. The number of hydrogen-bond donors (Lipinski definition) is 27. The van der Waals surface area contributed by atoms with Crippen molar-refractivity contribution in [2.24, 2.45) is 50.2 Å². The van der Waals surface area contributed by atoms with Gasteiger partial charge in [-0.1, -0.05) is 60.1 Å². The molecular formula is C71H116O42. The highest BCUT2D eigenvalue weighted by atomic mass is 17.0. The Hall–Kier alpha value is -2.39. The van der Waals surface area contributed by atoms with Crippen molar-refractivity contribution in [3.8, 4) is 0 Å². The average molecular weight is 1640 g/mol. The van der Waals surface area contributed by atoms with Gasteiger partial charge in [-0.25, -0.2) is 0 Å². The number of aliphatic hydroxyl groups is 27. The molecule has 0 amide bonds. The maximum atomic E-state index is 15.5. The molecule has 43 unspecified atom stereocenters. The van der Waals surface area contributed by atoms with Crippen LogP contribution in [0.5, 0.6) is 0 Å². The van der Waals surface area contributed by atoms with Gasteiger partial charge in [-0.05, 0) is 110 Å². The number of aliphatic hydroxyl groups excluding tert-OH is 23. The third-order valence-electron chi connectivity index (χ3n) is 27.9. The van der Waals surface area contributed by atoms with Gasteiger partial charge in [0.25, 0.3) is 5.79 Å². The van der Waals surface area contributed by atoms with Gasteiger partial charge >= 0.3 is 29.9 Å². The molecular weight excluding hydrogens is 1520 g/mol. The molecule has 0 aromatic rings. The van der Waals surface area contributed by atoms with E-state index >= 15 is 4.79 Å². The first-order valence-electron chi connectivity index (χ1n) is 38.3. The van der Waals surface area contributed by atoms with Crippen LogP contribution in [0, 0.1) is 50.2 Å². The Balaban J connectivity index is 0.764. The quantitative estimate of drug-likeness (QED) is 0.0247. The van der Waals surface area contributed by atoms with Gasteiger partial charge in [0.15, 0.2) is 37.2 Å². The fourth-order valence-corrected chi connectivity index (χ4v) is 20.9. The van der Waals surface area contributed by atoms with Crippen molar-refractivity contribution in [3.05, 3.63) is 11.6 Å². The molecule has 0 aromatic heterocycles. The lowest BCUT2D eigenvalue weighted by molar-refractivity contribution is -0.600. The zero-order valence-corrected chi connectivity index (χ0v) is 63.5. The second kappa shape index (κ2) is 31.8. The first-order valence-corrected chi connectivity index (χ1v) is 38.3. The maximum Gasteiger partial charge on any atom is 0.357 e. The van der Waals surface area contributed by atoms with Gasteiger partial charge < -0.3 is 199 Å². The first kappa shape index (κ1) is 89.9. The van der Waals surface area contributed by atoms with Gasteiger partial charge in [-0.2, -0.15) is 0 Å². The largest absolute Gasteiger partial charge is 0.405 e. The van der Waals surface area contributed by atoms with E-state index in [2.05, 4.69) is 26.8 Å². The molecule has 27 N–H and O–H groups in total. The van der Waals surface area contributed by atoms with Gasteiger partial charge in [0.1, 0.15) is 140 Å². The third-order valence-corrected chi connectivity index (χ3v) is 27.9. The molecule has 7 saturated heterocycles. The van der Waals surface area contributed by atoms with Crippen molar-refractivity contribution in [3.63, 3.8) is 0 Å². The Morgan fingerprint density at radius 3 is 1.77 bits per heavy atom. The molecule has 42 heteroatoms. The van der Waals surface area contributed by atoms with E-state index in [0.717, 1.165) is 5.57 Å². The van der Waals surface area contributed by atoms with E-state index in [1.807, 2.05) is 27.7 Å². The fourth-order valence-electron chi connectivity index (χ4n) is 20.9. The summed E-state index contributed by atoms with van der Waals surface area (Å²) >= 11 is 0. The van der Waals surface area contributed by atoms with Crippen molar-refractivity contribution in [1.29, 1.82) is 0 Å². The summed E-state index contributed by atoms with van der Waals surface area (Å²) in [6.07, 6.45) is -60.9.